The second-order valence-electron chi connectivity index (χ2n) is 6.93. The Morgan fingerprint density at radius 1 is 1.24 bits per heavy atom. The van der Waals surface area contributed by atoms with E-state index in [1.54, 1.807) is 0 Å². The van der Waals surface area contributed by atoms with Crippen molar-refractivity contribution in [2.75, 3.05) is 52.5 Å². The lowest BCUT2D eigenvalue weighted by Gasteiger charge is -2.38. The molecule has 0 aromatic carbocycles. The van der Waals surface area contributed by atoms with Crippen LogP contribution in [0.5, 0.6) is 0 Å². The summed E-state index contributed by atoms with van der Waals surface area (Å²) in [5.74, 6) is 1.35. The van der Waals surface area contributed by atoms with Crippen molar-refractivity contribution in [3.05, 3.63) is 0 Å². The highest BCUT2D eigenvalue weighted by Crippen LogP contribution is 2.20. The van der Waals surface area contributed by atoms with Gasteiger partial charge in [-0.15, -0.1) is 0 Å². The Bertz CT molecular complexity index is 349. The highest BCUT2D eigenvalue weighted by molar-refractivity contribution is 5.79. The molecule has 0 saturated carbocycles. The van der Waals surface area contributed by atoms with Crippen molar-refractivity contribution in [2.24, 2.45) is 11.8 Å². The van der Waals surface area contributed by atoms with E-state index in [0.717, 1.165) is 65.3 Å². The molecule has 5 nitrogen and oxygen atoms in total. The van der Waals surface area contributed by atoms with Gasteiger partial charge in [-0.05, 0) is 38.6 Å². The highest BCUT2D eigenvalue weighted by atomic mass is 16.5. The van der Waals surface area contributed by atoms with Crippen LogP contribution in [0.4, 0.5) is 0 Å². The van der Waals surface area contributed by atoms with Gasteiger partial charge in [0.25, 0.3) is 0 Å². The van der Waals surface area contributed by atoms with Gasteiger partial charge in [0.1, 0.15) is 0 Å². The van der Waals surface area contributed by atoms with Crippen molar-refractivity contribution >= 4 is 5.91 Å². The smallest absolute Gasteiger partial charge is 0.225 e. The lowest BCUT2D eigenvalue weighted by Crippen LogP contribution is -2.52. The van der Waals surface area contributed by atoms with Crippen molar-refractivity contribution in [1.29, 1.82) is 0 Å². The van der Waals surface area contributed by atoms with Gasteiger partial charge in [0.15, 0.2) is 0 Å². The minimum atomic E-state index is 0.246. The van der Waals surface area contributed by atoms with E-state index in [1.165, 1.54) is 6.42 Å². The first kappa shape index (κ1) is 15.3. The molecule has 0 bridgehead atoms. The number of rotatable bonds is 3. The van der Waals surface area contributed by atoms with Gasteiger partial charge in [-0.1, -0.05) is 0 Å². The molecule has 0 aliphatic carbocycles. The Morgan fingerprint density at radius 3 is 2.71 bits per heavy atom. The molecule has 5 heteroatoms. The number of nitrogens with one attached hydrogen (secondary N) is 1. The average Bonchev–Trinajstić information content (AvgIpc) is 3.00. The lowest BCUT2D eigenvalue weighted by atomic mass is 9.92. The van der Waals surface area contributed by atoms with E-state index < -0.39 is 0 Å². The fraction of sp³-hybridized carbons (Fsp3) is 0.938. The molecule has 3 saturated heterocycles. The number of piperidine rings is 1. The summed E-state index contributed by atoms with van der Waals surface area (Å²) in [5.41, 5.74) is 0. The van der Waals surface area contributed by atoms with Crippen LogP contribution in [-0.2, 0) is 9.53 Å². The second kappa shape index (κ2) is 7.07. The third-order valence-corrected chi connectivity index (χ3v) is 5.20. The molecule has 1 amide bonds. The molecule has 0 aromatic rings. The second-order valence-corrected chi connectivity index (χ2v) is 6.93. The molecule has 0 aromatic heterocycles. The Labute approximate surface area is 128 Å². The quantitative estimate of drug-likeness (QED) is 0.826. The monoisotopic (exact) mass is 295 g/mol. The van der Waals surface area contributed by atoms with Crippen LogP contribution in [0.1, 0.15) is 26.2 Å². The summed E-state index contributed by atoms with van der Waals surface area (Å²) < 4.78 is 5.45. The molecule has 3 aliphatic heterocycles. The summed E-state index contributed by atoms with van der Waals surface area (Å²) in [6, 6.07) is 0.483. The fourth-order valence-corrected chi connectivity index (χ4v) is 3.86. The Morgan fingerprint density at radius 2 is 2.05 bits per heavy atom. The zero-order chi connectivity index (χ0) is 14.7. The van der Waals surface area contributed by atoms with Gasteiger partial charge in [-0.2, -0.15) is 0 Å². The standard InChI is InChI=1S/C16H29N3O2/c1-13-10-15(2-4-17-13)16(20)19-7-5-18(6-8-19)11-14-3-9-21-12-14/h13-15,17H,2-12H2,1H3/t13-,14?,15-/m0/s1. The molecular weight excluding hydrogens is 266 g/mol. The van der Waals surface area contributed by atoms with Gasteiger partial charge >= 0.3 is 0 Å². The fourth-order valence-electron chi connectivity index (χ4n) is 3.86. The van der Waals surface area contributed by atoms with Crippen molar-refractivity contribution in [3.8, 4) is 0 Å². The molecule has 1 unspecified atom stereocenters. The number of ether oxygens (including phenoxy) is 1. The van der Waals surface area contributed by atoms with Crippen LogP contribution in [0.15, 0.2) is 0 Å². The Hall–Kier alpha value is -0.650. The summed E-state index contributed by atoms with van der Waals surface area (Å²) in [5, 5.41) is 3.43. The van der Waals surface area contributed by atoms with Crippen LogP contribution in [-0.4, -0.2) is 74.2 Å². The normalized spacial score (nSPS) is 35.1. The maximum Gasteiger partial charge on any atom is 0.225 e. The first-order valence-corrected chi connectivity index (χ1v) is 8.54. The Balaban J connectivity index is 1.43. The van der Waals surface area contributed by atoms with Crippen LogP contribution >= 0.6 is 0 Å². The molecule has 0 radical (unpaired) electrons. The van der Waals surface area contributed by atoms with Crippen molar-refractivity contribution in [3.63, 3.8) is 0 Å². The number of carbonyl (C=O) groups excluding carboxylic acids is 1. The SMILES string of the molecule is C[C@H]1C[C@@H](C(=O)N2CCN(CC3CCOC3)CC2)CCN1. The summed E-state index contributed by atoms with van der Waals surface area (Å²) in [7, 11) is 0. The van der Waals surface area contributed by atoms with E-state index in [1.807, 2.05) is 0 Å². The predicted molar refractivity (Wildman–Crippen MR) is 82.1 cm³/mol. The minimum absolute atomic E-state index is 0.246. The number of amides is 1. The van der Waals surface area contributed by atoms with Crippen LogP contribution in [0, 0.1) is 11.8 Å². The number of hydrogen-bond donors (Lipinski definition) is 1. The molecule has 3 atom stereocenters. The van der Waals surface area contributed by atoms with Crippen molar-refractivity contribution < 1.29 is 9.53 Å². The van der Waals surface area contributed by atoms with Gasteiger partial charge in [0.2, 0.25) is 5.91 Å². The van der Waals surface area contributed by atoms with Crippen molar-refractivity contribution in [1.82, 2.24) is 15.1 Å². The van der Waals surface area contributed by atoms with E-state index in [0.29, 0.717) is 17.9 Å². The summed E-state index contributed by atoms with van der Waals surface area (Å²) in [6.45, 7) is 10.0. The maximum absolute atomic E-state index is 12.6. The molecule has 3 rings (SSSR count). The minimum Gasteiger partial charge on any atom is -0.381 e. The van der Waals surface area contributed by atoms with Gasteiger partial charge in [-0.25, -0.2) is 0 Å². The van der Waals surface area contributed by atoms with Gasteiger partial charge in [0, 0.05) is 51.3 Å². The summed E-state index contributed by atoms with van der Waals surface area (Å²) in [6.07, 6.45) is 3.20. The van der Waals surface area contributed by atoms with Gasteiger partial charge < -0.3 is 15.0 Å². The number of hydrogen-bond acceptors (Lipinski definition) is 4. The van der Waals surface area contributed by atoms with Crippen LogP contribution < -0.4 is 5.32 Å². The maximum atomic E-state index is 12.6. The first-order chi connectivity index (χ1) is 10.2. The molecule has 21 heavy (non-hydrogen) atoms. The molecule has 3 fully saturated rings. The summed E-state index contributed by atoms with van der Waals surface area (Å²) >= 11 is 0. The third kappa shape index (κ3) is 3.96. The van der Waals surface area contributed by atoms with Crippen LogP contribution in [0.3, 0.4) is 0 Å². The number of nitrogens with zero attached hydrogens (tertiary/aromatic N) is 2. The van der Waals surface area contributed by atoms with E-state index in [-0.39, 0.29) is 5.92 Å². The van der Waals surface area contributed by atoms with Crippen LogP contribution in [0.2, 0.25) is 0 Å². The Kier molecular flexibility index (Phi) is 5.14. The van der Waals surface area contributed by atoms with Gasteiger partial charge in [-0.3, -0.25) is 9.69 Å². The molecule has 1 N–H and O–H groups in total. The molecule has 3 heterocycles. The lowest BCUT2D eigenvalue weighted by molar-refractivity contribution is -0.138. The van der Waals surface area contributed by atoms with E-state index >= 15 is 0 Å². The van der Waals surface area contributed by atoms with Crippen LogP contribution in [0.25, 0.3) is 0 Å². The largest absolute Gasteiger partial charge is 0.381 e. The molecular formula is C16H29N3O2. The van der Waals surface area contributed by atoms with E-state index in [2.05, 4.69) is 22.0 Å². The van der Waals surface area contributed by atoms with Gasteiger partial charge in [0.05, 0.1) is 6.61 Å². The third-order valence-electron chi connectivity index (χ3n) is 5.20. The zero-order valence-electron chi connectivity index (χ0n) is 13.2. The predicted octanol–water partition coefficient (Wildman–Crippen LogP) is 0.555. The number of carbonyl (C=O) groups is 1. The first-order valence-electron chi connectivity index (χ1n) is 8.54. The molecule has 0 spiro atoms. The highest BCUT2D eigenvalue weighted by Gasteiger charge is 2.31. The van der Waals surface area contributed by atoms with Crippen molar-refractivity contribution in [2.45, 2.75) is 32.2 Å². The topological polar surface area (TPSA) is 44.8 Å². The average molecular weight is 295 g/mol. The molecule has 120 valence electrons. The molecule has 3 aliphatic rings. The zero-order valence-corrected chi connectivity index (χ0v) is 13.2. The number of piperazine rings is 1. The summed E-state index contributed by atoms with van der Waals surface area (Å²) in [4.78, 5) is 17.2. The van der Waals surface area contributed by atoms with E-state index in [4.69, 9.17) is 4.74 Å². The van der Waals surface area contributed by atoms with E-state index in [9.17, 15) is 4.79 Å².